The highest BCUT2D eigenvalue weighted by molar-refractivity contribution is 5.78. The van der Waals surface area contributed by atoms with E-state index in [0.29, 0.717) is 0 Å². The average Bonchev–Trinajstić information content (AvgIpc) is 3.42. The van der Waals surface area contributed by atoms with Crippen molar-refractivity contribution >= 4 is 5.91 Å². The topological polar surface area (TPSA) is 60.2 Å². The Bertz CT molecular complexity index is 951. The largest absolute Gasteiger partial charge is 0.484 e. The van der Waals surface area contributed by atoms with Crippen LogP contribution in [0.25, 0.3) is 5.69 Å². The minimum atomic E-state index is -0.0547. The van der Waals surface area contributed by atoms with Crippen molar-refractivity contribution in [2.24, 2.45) is 0 Å². The number of aromatic nitrogens is 3. The Kier molecular flexibility index (Phi) is 5.10. The van der Waals surface area contributed by atoms with Gasteiger partial charge in [0.2, 0.25) is 0 Å². The molecule has 1 atom stereocenters. The van der Waals surface area contributed by atoms with Crippen LogP contribution in [0, 0.1) is 0 Å². The molecule has 0 saturated heterocycles. The molecule has 0 spiro atoms. The quantitative estimate of drug-likeness (QED) is 0.662. The molecule has 0 saturated carbocycles. The molecular weight excluding hydrogens is 352 g/mol. The normalized spacial score (nSPS) is 13.8. The second-order valence-corrected chi connectivity index (χ2v) is 7.18. The van der Waals surface area contributed by atoms with Gasteiger partial charge in [0.25, 0.3) is 5.91 Å². The van der Waals surface area contributed by atoms with Crippen LogP contribution in [0.1, 0.15) is 36.1 Å². The zero-order chi connectivity index (χ0) is 19.5. The average molecular weight is 376 g/mol. The highest BCUT2D eigenvalue weighted by Crippen LogP contribution is 2.26. The minimum absolute atomic E-state index is 0.0384. The summed E-state index contributed by atoms with van der Waals surface area (Å²) in [6.07, 6.45) is 6.61. The number of carbonyl (C=O) groups excluding carboxylic acids is 1. The summed E-state index contributed by atoms with van der Waals surface area (Å²) < 4.78 is 7.46. The SMILES string of the molecule is C[C@H](c1ccc(-n2cncn2)cc1)N(C)C(=O)COc1ccc2c(c1)CCC2. The van der Waals surface area contributed by atoms with Crippen molar-refractivity contribution in [1.82, 2.24) is 19.7 Å². The molecular formula is C22H24N4O2. The van der Waals surface area contributed by atoms with Crippen LogP contribution in [-0.4, -0.2) is 39.2 Å². The minimum Gasteiger partial charge on any atom is -0.484 e. The van der Waals surface area contributed by atoms with Gasteiger partial charge in [0, 0.05) is 7.05 Å². The lowest BCUT2D eigenvalue weighted by Gasteiger charge is -2.25. The standard InChI is InChI=1S/C22H24N4O2/c1-16(17-6-9-20(10-7-17)26-15-23-14-24-26)25(2)22(27)13-28-21-11-8-18-4-3-5-19(18)12-21/h6-12,14-16H,3-5,13H2,1-2H3/t16-/m1/s1. The molecule has 0 aliphatic heterocycles. The molecule has 4 rings (SSSR count). The molecule has 1 aliphatic rings. The van der Waals surface area contributed by atoms with Gasteiger partial charge in [-0.1, -0.05) is 18.2 Å². The van der Waals surface area contributed by atoms with Gasteiger partial charge in [0.05, 0.1) is 11.7 Å². The first-order valence-corrected chi connectivity index (χ1v) is 9.57. The Labute approximate surface area is 164 Å². The third-order valence-corrected chi connectivity index (χ3v) is 5.47. The van der Waals surface area contributed by atoms with Gasteiger partial charge in [-0.15, -0.1) is 0 Å². The van der Waals surface area contributed by atoms with E-state index in [4.69, 9.17) is 4.74 Å². The van der Waals surface area contributed by atoms with Crippen LogP contribution in [-0.2, 0) is 17.6 Å². The Morgan fingerprint density at radius 1 is 1.18 bits per heavy atom. The molecule has 0 fully saturated rings. The van der Waals surface area contributed by atoms with Crippen molar-refractivity contribution in [1.29, 1.82) is 0 Å². The number of rotatable bonds is 6. The predicted molar refractivity (Wildman–Crippen MR) is 107 cm³/mol. The summed E-state index contributed by atoms with van der Waals surface area (Å²) in [6, 6.07) is 14.1. The second-order valence-electron chi connectivity index (χ2n) is 7.18. The maximum absolute atomic E-state index is 12.6. The Morgan fingerprint density at radius 2 is 1.96 bits per heavy atom. The first-order valence-electron chi connectivity index (χ1n) is 9.57. The number of fused-ring (bicyclic) bond motifs is 1. The molecule has 1 heterocycles. The number of amides is 1. The number of carbonyl (C=O) groups is 1. The number of hydrogen-bond donors (Lipinski definition) is 0. The van der Waals surface area contributed by atoms with Crippen molar-refractivity contribution in [2.45, 2.75) is 32.2 Å². The lowest BCUT2D eigenvalue weighted by atomic mass is 10.1. The monoisotopic (exact) mass is 376 g/mol. The number of nitrogens with zero attached hydrogens (tertiary/aromatic N) is 4. The molecule has 0 unspecified atom stereocenters. The molecule has 0 bridgehead atoms. The fourth-order valence-corrected chi connectivity index (χ4v) is 3.57. The van der Waals surface area contributed by atoms with E-state index in [-0.39, 0.29) is 18.6 Å². The number of hydrogen-bond acceptors (Lipinski definition) is 4. The maximum atomic E-state index is 12.6. The van der Waals surface area contributed by atoms with E-state index >= 15 is 0 Å². The van der Waals surface area contributed by atoms with Gasteiger partial charge in [-0.2, -0.15) is 5.10 Å². The number of ether oxygens (including phenoxy) is 1. The molecule has 1 amide bonds. The van der Waals surface area contributed by atoms with Gasteiger partial charge >= 0.3 is 0 Å². The van der Waals surface area contributed by atoms with Gasteiger partial charge in [-0.25, -0.2) is 9.67 Å². The molecule has 1 aliphatic carbocycles. The molecule has 0 radical (unpaired) electrons. The maximum Gasteiger partial charge on any atom is 0.260 e. The summed E-state index contributed by atoms with van der Waals surface area (Å²) in [5, 5.41) is 4.12. The molecule has 0 N–H and O–H groups in total. The van der Waals surface area contributed by atoms with Crippen LogP contribution in [0.5, 0.6) is 5.75 Å². The molecule has 3 aromatic rings. The van der Waals surface area contributed by atoms with Crippen molar-refractivity contribution in [2.75, 3.05) is 13.7 Å². The Balaban J connectivity index is 1.36. The number of aryl methyl sites for hydroxylation is 2. The van der Waals surface area contributed by atoms with E-state index < -0.39 is 0 Å². The third-order valence-electron chi connectivity index (χ3n) is 5.47. The van der Waals surface area contributed by atoms with Gasteiger partial charge in [-0.05, 0) is 67.1 Å². The summed E-state index contributed by atoms with van der Waals surface area (Å²) in [4.78, 5) is 18.3. The van der Waals surface area contributed by atoms with Gasteiger partial charge in [-0.3, -0.25) is 4.79 Å². The number of benzene rings is 2. The first-order chi connectivity index (χ1) is 13.6. The molecule has 1 aromatic heterocycles. The Hall–Kier alpha value is -3.15. The van der Waals surface area contributed by atoms with Crippen LogP contribution in [0.4, 0.5) is 0 Å². The van der Waals surface area contributed by atoms with Gasteiger partial charge < -0.3 is 9.64 Å². The highest BCUT2D eigenvalue weighted by atomic mass is 16.5. The van der Waals surface area contributed by atoms with Crippen LogP contribution in [0.2, 0.25) is 0 Å². The van der Waals surface area contributed by atoms with Crippen molar-refractivity contribution < 1.29 is 9.53 Å². The Morgan fingerprint density at radius 3 is 2.71 bits per heavy atom. The van der Waals surface area contributed by atoms with Gasteiger partial charge in [0.15, 0.2) is 6.61 Å². The fraction of sp³-hybridized carbons (Fsp3) is 0.318. The fourth-order valence-electron chi connectivity index (χ4n) is 3.57. The van der Waals surface area contributed by atoms with Gasteiger partial charge in [0.1, 0.15) is 18.4 Å². The molecule has 144 valence electrons. The smallest absolute Gasteiger partial charge is 0.260 e. The van der Waals surface area contributed by atoms with Crippen LogP contribution in [0.15, 0.2) is 55.1 Å². The second kappa shape index (κ2) is 7.84. The van der Waals surface area contributed by atoms with Crippen LogP contribution in [0.3, 0.4) is 0 Å². The lowest BCUT2D eigenvalue weighted by molar-refractivity contribution is -0.134. The molecule has 6 heteroatoms. The van der Waals surface area contributed by atoms with E-state index in [1.807, 2.05) is 44.3 Å². The van der Waals surface area contributed by atoms with Crippen molar-refractivity contribution in [3.63, 3.8) is 0 Å². The van der Waals surface area contributed by atoms with E-state index in [1.165, 1.54) is 23.9 Å². The van der Waals surface area contributed by atoms with Crippen molar-refractivity contribution in [3.05, 3.63) is 71.8 Å². The number of likely N-dealkylation sites (N-methyl/N-ethyl adjacent to an activating group) is 1. The summed E-state index contributed by atoms with van der Waals surface area (Å²) in [7, 11) is 1.81. The molecule has 2 aromatic carbocycles. The van der Waals surface area contributed by atoms with E-state index in [9.17, 15) is 4.79 Å². The lowest BCUT2D eigenvalue weighted by Crippen LogP contribution is -2.33. The highest BCUT2D eigenvalue weighted by Gasteiger charge is 2.18. The summed E-state index contributed by atoms with van der Waals surface area (Å²) >= 11 is 0. The van der Waals surface area contributed by atoms with Crippen molar-refractivity contribution in [3.8, 4) is 11.4 Å². The third kappa shape index (κ3) is 3.76. The van der Waals surface area contributed by atoms with E-state index in [2.05, 4.69) is 22.2 Å². The predicted octanol–water partition coefficient (Wildman–Crippen LogP) is 3.35. The van der Waals surface area contributed by atoms with E-state index in [1.54, 1.807) is 15.9 Å². The zero-order valence-electron chi connectivity index (χ0n) is 16.2. The summed E-state index contributed by atoms with van der Waals surface area (Å²) in [6.45, 7) is 2.05. The first kappa shape index (κ1) is 18.2. The summed E-state index contributed by atoms with van der Waals surface area (Å²) in [5.74, 6) is 0.723. The van der Waals surface area contributed by atoms with E-state index in [0.717, 1.165) is 29.8 Å². The van der Waals surface area contributed by atoms with Crippen LogP contribution >= 0.6 is 0 Å². The zero-order valence-corrected chi connectivity index (χ0v) is 16.2. The molecule has 6 nitrogen and oxygen atoms in total. The summed E-state index contributed by atoms with van der Waals surface area (Å²) in [5.41, 5.74) is 4.73. The van der Waals surface area contributed by atoms with Crippen LogP contribution < -0.4 is 4.74 Å². The molecule has 28 heavy (non-hydrogen) atoms.